The van der Waals surface area contributed by atoms with Crippen LogP contribution in [0.2, 0.25) is 0 Å². The molecule has 0 bridgehead atoms. The summed E-state index contributed by atoms with van der Waals surface area (Å²) in [5.74, 6) is -2.39. The monoisotopic (exact) mass is 339 g/mol. The fourth-order valence-corrected chi connectivity index (χ4v) is 2.73. The third kappa shape index (κ3) is 4.50. The Labute approximate surface area is 140 Å². The topological polar surface area (TPSA) is 43.9 Å². The highest BCUT2D eigenvalue weighted by Crippen LogP contribution is 2.20. The van der Waals surface area contributed by atoms with Crippen molar-refractivity contribution in [1.29, 1.82) is 0 Å². The van der Waals surface area contributed by atoms with Crippen LogP contribution < -0.4 is 0 Å². The van der Waals surface area contributed by atoms with Crippen molar-refractivity contribution < 1.29 is 18.4 Å². The number of hydrogen-bond acceptors (Lipinski definition) is 3. The molecule has 0 saturated carbocycles. The van der Waals surface area contributed by atoms with Gasteiger partial charge in [0, 0.05) is 39.6 Å². The first-order chi connectivity index (χ1) is 11.3. The Morgan fingerprint density at radius 2 is 1.96 bits per heavy atom. The average Bonchev–Trinajstić information content (AvgIpc) is 2.85. The van der Waals surface area contributed by atoms with Gasteiger partial charge in [-0.3, -0.25) is 9.59 Å². The van der Waals surface area contributed by atoms with Gasteiger partial charge in [-0.05, 0) is 31.8 Å². The van der Waals surface area contributed by atoms with E-state index >= 15 is 0 Å². The molecule has 0 unspecified atom stereocenters. The Morgan fingerprint density at radius 3 is 2.50 bits per heavy atom. The molecule has 1 aliphatic rings. The van der Waals surface area contributed by atoms with E-state index in [1.54, 1.807) is 16.8 Å². The molecule has 0 radical (unpaired) electrons. The van der Waals surface area contributed by atoms with E-state index in [0.717, 1.165) is 12.1 Å². The van der Waals surface area contributed by atoms with Gasteiger partial charge in [-0.15, -0.1) is 0 Å². The Balaban J connectivity index is 2.12. The molecule has 1 aromatic rings. The normalized spacial score (nSPS) is 17.7. The van der Waals surface area contributed by atoms with E-state index in [-0.39, 0.29) is 30.7 Å². The molecule has 1 heterocycles. The van der Waals surface area contributed by atoms with Crippen molar-refractivity contribution in [3.8, 4) is 0 Å². The summed E-state index contributed by atoms with van der Waals surface area (Å²) in [6.45, 7) is 1.69. The molecule has 132 valence electrons. The zero-order chi connectivity index (χ0) is 17.9. The number of rotatable bonds is 6. The molecule has 7 heteroatoms. The molecule has 1 fully saturated rings. The first-order valence-corrected chi connectivity index (χ1v) is 7.89. The number of carbonyl (C=O) groups excluding carboxylic acids is 2. The van der Waals surface area contributed by atoms with Crippen LogP contribution in [-0.4, -0.2) is 67.3 Å². The first kappa shape index (κ1) is 18.3. The molecule has 24 heavy (non-hydrogen) atoms. The molecule has 2 amide bonds. The van der Waals surface area contributed by atoms with E-state index in [4.69, 9.17) is 0 Å². The van der Waals surface area contributed by atoms with E-state index < -0.39 is 11.6 Å². The second kappa shape index (κ2) is 7.70. The number of carbonyl (C=O) groups is 2. The van der Waals surface area contributed by atoms with Crippen LogP contribution in [0.1, 0.15) is 12.0 Å². The predicted molar refractivity (Wildman–Crippen MR) is 86.1 cm³/mol. The van der Waals surface area contributed by atoms with Crippen molar-refractivity contribution in [3.63, 3.8) is 0 Å². The van der Waals surface area contributed by atoms with Crippen molar-refractivity contribution in [2.75, 3.05) is 40.8 Å². The summed E-state index contributed by atoms with van der Waals surface area (Å²) < 4.78 is 26.5. The molecule has 0 aliphatic carbocycles. The Kier molecular flexibility index (Phi) is 5.88. The number of benzene rings is 1. The van der Waals surface area contributed by atoms with Crippen molar-refractivity contribution in [2.24, 2.45) is 5.92 Å². The lowest BCUT2D eigenvalue weighted by Crippen LogP contribution is -2.40. The quantitative estimate of drug-likeness (QED) is 0.785. The fourth-order valence-electron chi connectivity index (χ4n) is 2.73. The molecule has 2 rings (SSSR count). The van der Waals surface area contributed by atoms with Gasteiger partial charge in [0.1, 0.15) is 0 Å². The third-order valence-electron chi connectivity index (χ3n) is 4.18. The maximum Gasteiger partial charge on any atom is 0.228 e. The van der Waals surface area contributed by atoms with Crippen LogP contribution in [0, 0.1) is 17.6 Å². The molecule has 1 saturated heterocycles. The summed E-state index contributed by atoms with van der Waals surface area (Å²) in [4.78, 5) is 29.5. The molecule has 0 aromatic heterocycles. The van der Waals surface area contributed by atoms with Crippen LogP contribution >= 0.6 is 0 Å². The van der Waals surface area contributed by atoms with E-state index in [0.29, 0.717) is 25.2 Å². The lowest BCUT2D eigenvalue weighted by Gasteiger charge is -2.27. The van der Waals surface area contributed by atoms with E-state index in [9.17, 15) is 18.4 Å². The average molecular weight is 339 g/mol. The van der Waals surface area contributed by atoms with Gasteiger partial charge in [-0.25, -0.2) is 8.78 Å². The lowest BCUT2D eigenvalue weighted by atomic mass is 10.1. The van der Waals surface area contributed by atoms with Gasteiger partial charge < -0.3 is 14.7 Å². The van der Waals surface area contributed by atoms with Crippen LogP contribution in [0.15, 0.2) is 18.2 Å². The highest BCUT2D eigenvalue weighted by atomic mass is 19.2. The summed E-state index contributed by atoms with van der Waals surface area (Å²) in [6.07, 6.45) is 0.200. The van der Waals surface area contributed by atoms with Gasteiger partial charge >= 0.3 is 0 Å². The Morgan fingerprint density at radius 1 is 1.25 bits per heavy atom. The summed E-state index contributed by atoms with van der Waals surface area (Å²) >= 11 is 0. The zero-order valence-electron chi connectivity index (χ0n) is 14.3. The van der Waals surface area contributed by atoms with Gasteiger partial charge in [0.2, 0.25) is 11.8 Å². The number of likely N-dealkylation sites (N-methyl/N-ethyl adjacent to an activating group) is 1. The van der Waals surface area contributed by atoms with Gasteiger partial charge in [0.15, 0.2) is 11.6 Å². The largest absolute Gasteiger partial charge is 0.345 e. The second-order valence-corrected chi connectivity index (χ2v) is 6.49. The van der Waals surface area contributed by atoms with E-state index in [2.05, 4.69) is 0 Å². The number of halogens is 2. The molecule has 0 N–H and O–H groups in total. The van der Waals surface area contributed by atoms with Crippen LogP contribution in [0.3, 0.4) is 0 Å². The summed E-state index contributed by atoms with van der Waals surface area (Å²) in [5.41, 5.74) is 0.527. The summed E-state index contributed by atoms with van der Waals surface area (Å²) in [6, 6.07) is 3.64. The van der Waals surface area contributed by atoms with Gasteiger partial charge in [-0.1, -0.05) is 6.07 Å². The van der Waals surface area contributed by atoms with Gasteiger partial charge in [-0.2, -0.15) is 0 Å². The maximum absolute atomic E-state index is 13.4. The molecule has 1 aromatic carbocycles. The highest BCUT2D eigenvalue weighted by Gasteiger charge is 2.34. The van der Waals surface area contributed by atoms with Gasteiger partial charge in [0.25, 0.3) is 0 Å². The lowest BCUT2D eigenvalue weighted by molar-refractivity contribution is -0.136. The minimum atomic E-state index is -0.928. The van der Waals surface area contributed by atoms with Crippen molar-refractivity contribution in [1.82, 2.24) is 14.7 Å². The zero-order valence-corrected chi connectivity index (χ0v) is 14.3. The van der Waals surface area contributed by atoms with Crippen LogP contribution in [0.5, 0.6) is 0 Å². The van der Waals surface area contributed by atoms with Crippen molar-refractivity contribution >= 4 is 11.8 Å². The van der Waals surface area contributed by atoms with Crippen LogP contribution in [0.4, 0.5) is 8.78 Å². The molecular formula is C17H23F2N3O2. The van der Waals surface area contributed by atoms with Crippen LogP contribution in [-0.2, 0) is 16.1 Å². The number of hydrogen-bond donors (Lipinski definition) is 0. The predicted octanol–water partition coefficient (Wildman–Crippen LogP) is 1.33. The smallest absolute Gasteiger partial charge is 0.228 e. The Hall–Kier alpha value is -2.02. The van der Waals surface area contributed by atoms with E-state index in [1.807, 2.05) is 19.0 Å². The molecule has 1 atom stereocenters. The molecule has 0 spiro atoms. The Bertz CT molecular complexity index is 622. The summed E-state index contributed by atoms with van der Waals surface area (Å²) in [5, 5.41) is 0. The van der Waals surface area contributed by atoms with Crippen molar-refractivity contribution in [3.05, 3.63) is 35.4 Å². The summed E-state index contributed by atoms with van der Waals surface area (Å²) in [7, 11) is 5.47. The fraction of sp³-hybridized carbons (Fsp3) is 0.529. The highest BCUT2D eigenvalue weighted by molar-refractivity contribution is 5.89. The molecular weight excluding hydrogens is 316 g/mol. The van der Waals surface area contributed by atoms with Gasteiger partial charge in [0.05, 0.1) is 5.92 Å². The maximum atomic E-state index is 13.4. The number of amides is 2. The number of likely N-dealkylation sites (tertiary alicyclic amines) is 1. The molecule has 5 nitrogen and oxygen atoms in total. The second-order valence-electron chi connectivity index (χ2n) is 6.49. The SMILES string of the molecule is CN(C)CCN(Cc1ccc(F)c(F)c1)C(=O)[C@H]1CC(=O)N(C)C1. The third-order valence-corrected chi connectivity index (χ3v) is 4.18. The standard InChI is InChI=1S/C17H23F2N3O2/c1-20(2)6-7-22(10-12-4-5-14(18)15(19)8-12)17(24)13-9-16(23)21(3)11-13/h4-5,8,13H,6-7,9-11H2,1-3H3/t13-/m0/s1. The minimum absolute atomic E-state index is 0.0475. The van der Waals surface area contributed by atoms with Crippen LogP contribution in [0.25, 0.3) is 0 Å². The van der Waals surface area contributed by atoms with Crippen molar-refractivity contribution in [2.45, 2.75) is 13.0 Å². The minimum Gasteiger partial charge on any atom is -0.345 e. The van der Waals surface area contributed by atoms with E-state index in [1.165, 1.54) is 6.07 Å². The number of nitrogens with zero attached hydrogens (tertiary/aromatic N) is 3. The first-order valence-electron chi connectivity index (χ1n) is 7.89. The molecule has 1 aliphatic heterocycles.